The van der Waals surface area contributed by atoms with Crippen molar-refractivity contribution in [2.75, 3.05) is 4.90 Å². The van der Waals surface area contributed by atoms with Crippen molar-refractivity contribution < 1.29 is 18.5 Å². The number of Topliss-reactive ketones (excluding diaryl/α,β-unsaturated/α-hetero) is 1. The van der Waals surface area contributed by atoms with E-state index in [1.54, 1.807) is 6.07 Å². The van der Waals surface area contributed by atoms with Crippen LogP contribution in [0.2, 0.25) is 0 Å². The van der Waals surface area contributed by atoms with Crippen LogP contribution in [0.5, 0.6) is 0 Å². The van der Waals surface area contributed by atoms with E-state index in [4.69, 9.17) is 4.52 Å². The highest BCUT2D eigenvalue weighted by molar-refractivity contribution is 6.04. The van der Waals surface area contributed by atoms with Gasteiger partial charge < -0.3 is 4.52 Å². The van der Waals surface area contributed by atoms with Crippen LogP contribution in [-0.4, -0.2) is 27.9 Å². The van der Waals surface area contributed by atoms with Crippen molar-refractivity contribution in [1.29, 1.82) is 0 Å². The molecule has 1 fully saturated rings. The molecule has 0 aliphatic carbocycles. The maximum absolute atomic E-state index is 13.1. The number of carbonyl (C=O) groups is 2. The maximum Gasteiger partial charge on any atom is 0.228 e. The summed E-state index contributed by atoms with van der Waals surface area (Å²) in [6.45, 7) is 6.02. The number of nitrogens with zero attached hydrogens (tertiary/aromatic N) is 3. The van der Waals surface area contributed by atoms with Gasteiger partial charge in [0, 0.05) is 17.9 Å². The van der Waals surface area contributed by atoms with E-state index in [0.29, 0.717) is 12.2 Å². The van der Waals surface area contributed by atoms with E-state index in [1.807, 2.05) is 20.8 Å². The van der Waals surface area contributed by atoms with E-state index in [1.165, 1.54) is 17.0 Å². The Morgan fingerprint density at radius 3 is 2.76 bits per heavy atom. The van der Waals surface area contributed by atoms with Crippen LogP contribution >= 0.6 is 0 Å². The molecule has 0 aromatic carbocycles. The lowest BCUT2D eigenvalue weighted by Gasteiger charge is -2.22. The van der Waals surface area contributed by atoms with Crippen LogP contribution in [0, 0.1) is 5.82 Å². The second kappa shape index (κ2) is 6.38. The highest BCUT2D eigenvalue weighted by Gasteiger charge is 2.38. The van der Waals surface area contributed by atoms with Crippen molar-refractivity contribution in [2.24, 2.45) is 0 Å². The largest absolute Gasteiger partial charge is 0.361 e. The third kappa shape index (κ3) is 3.60. The minimum absolute atomic E-state index is 0.0543. The molecule has 2 aromatic heterocycles. The fourth-order valence-electron chi connectivity index (χ4n) is 2.83. The van der Waals surface area contributed by atoms with Gasteiger partial charge >= 0.3 is 0 Å². The van der Waals surface area contributed by atoms with Crippen LogP contribution in [-0.2, 0) is 21.4 Å². The third-order valence-electron chi connectivity index (χ3n) is 4.22. The van der Waals surface area contributed by atoms with Gasteiger partial charge in [-0.3, -0.25) is 14.5 Å². The normalized spacial score (nSPS) is 18.0. The molecule has 1 saturated heterocycles. The number of carbonyl (C=O) groups excluding carboxylic acids is 2. The molecule has 0 unspecified atom stereocenters. The number of hydrogen-bond acceptors (Lipinski definition) is 5. The van der Waals surface area contributed by atoms with Gasteiger partial charge in [-0.25, -0.2) is 9.37 Å². The molecular formula is C18H20FN3O3. The van der Waals surface area contributed by atoms with Gasteiger partial charge in [-0.15, -0.1) is 0 Å². The number of hydrogen-bond donors (Lipinski definition) is 0. The molecule has 0 saturated carbocycles. The highest BCUT2D eigenvalue weighted by Crippen LogP contribution is 2.27. The number of amides is 1. The van der Waals surface area contributed by atoms with Crippen LogP contribution in [0.1, 0.15) is 45.1 Å². The molecule has 3 heterocycles. The zero-order valence-corrected chi connectivity index (χ0v) is 14.5. The fourth-order valence-corrected chi connectivity index (χ4v) is 2.83. The maximum atomic E-state index is 13.1. The van der Waals surface area contributed by atoms with Crippen LogP contribution in [0.3, 0.4) is 0 Å². The number of pyridine rings is 1. The number of aromatic nitrogens is 2. The molecule has 1 aliphatic heterocycles. The predicted molar refractivity (Wildman–Crippen MR) is 88.6 cm³/mol. The Bertz CT molecular complexity index is 793. The Labute approximate surface area is 145 Å². The van der Waals surface area contributed by atoms with Gasteiger partial charge in [-0.05, 0) is 18.6 Å². The summed E-state index contributed by atoms with van der Waals surface area (Å²) in [4.78, 5) is 30.1. The summed E-state index contributed by atoms with van der Waals surface area (Å²) in [5.41, 5.74) is 0.605. The fraction of sp³-hybridized carbons (Fsp3) is 0.444. The molecular weight excluding hydrogens is 325 g/mol. The van der Waals surface area contributed by atoms with E-state index in [0.717, 1.165) is 11.9 Å². The Hall–Kier alpha value is -2.57. The van der Waals surface area contributed by atoms with E-state index in [2.05, 4.69) is 10.1 Å². The van der Waals surface area contributed by atoms with Crippen LogP contribution in [0.25, 0.3) is 0 Å². The molecule has 7 heteroatoms. The molecule has 0 radical (unpaired) electrons. The van der Waals surface area contributed by atoms with E-state index in [9.17, 15) is 14.0 Å². The zero-order valence-electron chi connectivity index (χ0n) is 14.5. The Kier molecular flexibility index (Phi) is 4.41. The van der Waals surface area contributed by atoms with Crippen molar-refractivity contribution >= 4 is 17.5 Å². The van der Waals surface area contributed by atoms with Crippen molar-refractivity contribution in [2.45, 2.75) is 51.5 Å². The number of halogens is 1. The van der Waals surface area contributed by atoms with E-state index < -0.39 is 11.9 Å². The summed E-state index contributed by atoms with van der Waals surface area (Å²) in [6, 6.07) is 3.79. The smallest absolute Gasteiger partial charge is 0.228 e. The quantitative estimate of drug-likeness (QED) is 0.852. The summed E-state index contributed by atoms with van der Waals surface area (Å²) in [5.74, 6) is -0.0647. The Morgan fingerprint density at radius 2 is 2.16 bits per heavy atom. The average molecular weight is 345 g/mol. The molecule has 0 bridgehead atoms. The first-order chi connectivity index (χ1) is 11.8. The van der Waals surface area contributed by atoms with Crippen molar-refractivity contribution in [1.82, 2.24) is 10.1 Å². The van der Waals surface area contributed by atoms with Gasteiger partial charge in [0.05, 0.1) is 24.4 Å². The van der Waals surface area contributed by atoms with Crippen LogP contribution in [0.15, 0.2) is 28.9 Å². The summed E-state index contributed by atoms with van der Waals surface area (Å²) >= 11 is 0. The second-order valence-electron chi connectivity index (χ2n) is 7.22. The first-order valence-corrected chi connectivity index (χ1v) is 8.18. The summed E-state index contributed by atoms with van der Waals surface area (Å²) in [5, 5.41) is 4.01. The lowest BCUT2D eigenvalue weighted by Crippen LogP contribution is -2.40. The first-order valence-electron chi connectivity index (χ1n) is 8.18. The molecule has 0 spiro atoms. The monoisotopic (exact) mass is 345 g/mol. The SMILES string of the molecule is CC(C)(C)c1cc(CC(=O)[C@@H]2CCC(=O)N2c2ccc(F)cn2)on1. The molecule has 1 aliphatic rings. The number of anilines is 1. The molecule has 1 amide bonds. The van der Waals surface area contributed by atoms with Crippen molar-refractivity contribution in [3.8, 4) is 0 Å². The third-order valence-corrected chi connectivity index (χ3v) is 4.22. The highest BCUT2D eigenvalue weighted by atomic mass is 19.1. The predicted octanol–water partition coefficient (Wildman–Crippen LogP) is 2.81. The van der Waals surface area contributed by atoms with E-state index in [-0.39, 0.29) is 35.8 Å². The Balaban J connectivity index is 1.77. The standard InChI is InChI=1S/C18H20FN3O3/c1-18(2,3)15-9-12(25-21-15)8-14(23)13-5-7-17(24)22(13)16-6-4-11(19)10-20-16/h4,6,9-10,13H,5,7-8H2,1-3H3/t13-/m0/s1. The molecule has 6 nitrogen and oxygen atoms in total. The second-order valence-corrected chi connectivity index (χ2v) is 7.22. The van der Waals surface area contributed by atoms with Crippen molar-refractivity contribution in [3.05, 3.63) is 41.7 Å². The van der Waals surface area contributed by atoms with Gasteiger partial charge in [-0.1, -0.05) is 25.9 Å². The van der Waals surface area contributed by atoms with E-state index >= 15 is 0 Å². The topological polar surface area (TPSA) is 76.3 Å². The minimum atomic E-state index is -0.617. The van der Waals surface area contributed by atoms with Gasteiger partial charge in [0.1, 0.15) is 17.4 Å². The lowest BCUT2D eigenvalue weighted by atomic mass is 9.92. The molecule has 3 rings (SSSR count). The molecule has 2 aromatic rings. The average Bonchev–Trinajstić information content (AvgIpc) is 3.15. The molecule has 132 valence electrons. The molecule has 25 heavy (non-hydrogen) atoms. The number of ketones is 1. The summed E-state index contributed by atoms with van der Waals surface area (Å²) in [7, 11) is 0. The zero-order chi connectivity index (χ0) is 18.2. The molecule has 0 N–H and O–H groups in total. The van der Waals surface area contributed by atoms with Crippen molar-refractivity contribution in [3.63, 3.8) is 0 Å². The number of rotatable bonds is 4. The van der Waals surface area contributed by atoms with Gasteiger partial charge in [0.15, 0.2) is 5.78 Å². The Morgan fingerprint density at radius 1 is 1.40 bits per heavy atom. The van der Waals surface area contributed by atoms with Crippen LogP contribution in [0.4, 0.5) is 10.2 Å². The van der Waals surface area contributed by atoms with Crippen LogP contribution < -0.4 is 4.90 Å². The summed E-state index contributed by atoms with van der Waals surface area (Å²) in [6.07, 6.45) is 1.77. The molecule has 1 atom stereocenters. The summed E-state index contributed by atoms with van der Waals surface area (Å²) < 4.78 is 18.3. The minimum Gasteiger partial charge on any atom is -0.361 e. The van der Waals surface area contributed by atoms with Gasteiger partial charge in [0.25, 0.3) is 0 Å². The first kappa shape index (κ1) is 17.3. The lowest BCUT2D eigenvalue weighted by molar-refractivity contribution is -0.122. The van der Waals surface area contributed by atoms with Gasteiger partial charge in [-0.2, -0.15) is 0 Å². The van der Waals surface area contributed by atoms with Gasteiger partial charge in [0.2, 0.25) is 5.91 Å².